The first-order valence-corrected chi connectivity index (χ1v) is 6.44. The van der Waals surface area contributed by atoms with E-state index in [4.69, 9.17) is 9.84 Å². The van der Waals surface area contributed by atoms with Crippen LogP contribution in [0.1, 0.15) is 19.4 Å². The van der Waals surface area contributed by atoms with Crippen LogP contribution < -0.4 is 10.1 Å². The smallest absolute Gasteiger partial charge is 0.308 e. The van der Waals surface area contributed by atoms with E-state index in [1.165, 1.54) is 6.08 Å². The second-order valence-corrected chi connectivity index (χ2v) is 4.32. The SMILES string of the molecule is CCOc1ccc(C=CC(=O)NCC(C)C(=O)O)cc1. The van der Waals surface area contributed by atoms with Gasteiger partial charge in [0.15, 0.2) is 0 Å². The fraction of sp³-hybridized carbons (Fsp3) is 0.333. The zero-order valence-corrected chi connectivity index (χ0v) is 11.6. The highest BCUT2D eigenvalue weighted by molar-refractivity contribution is 5.91. The molecule has 0 aliphatic heterocycles. The molecule has 0 aromatic heterocycles. The van der Waals surface area contributed by atoms with Crippen LogP contribution >= 0.6 is 0 Å². The predicted molar refractivity (Wildman–Crippen MR) is 76.5 cm³/mol. The van der Waals surface area contributed by atoms with Crippen LogP contribution in [0.3, 0.4) is 0 Å². The Morgan fingerprint density at radius 3 is 2.55 bits per heavy atom. The molecule has 0 heterocycles. The van der Waals surface area contributed by atoms with Crippen molar-refractivity contribution in [1.82, 2.24) is 5.32 Å². The average Bonchev–Trinajstić information content (AvgIpc) is 2.44. The third-order valence-corrected chi connectivity index (χ3v) is 2.62. The Morgan fingerprint density at radius 1 is 1.35 bits per heavy atom. The van der Waals surface area contributed by atoms with Crippen molar-refractivity contribution in [3.05, 3.63) is 35.9 Å². The Labute approximate surface area is 118 Å². The van der Waals surface area contributed by atoms with Gasteiger partial charge in [-0.1, -0.05) is 19.1 Å². The van der Waals surface area contributed by atoms with E-state index in [1.54, 1.807) is 13.0 Å². The van der Waals surface area contributed by atoms with Gasteiger partial charge in [-0.05, 0) is 30.7 Å². The van der Waals surface area contributed by atoms with Crippen molar-refractivity contribution in [2.24, 2.45) is 5.92 Å². The Hall–Kier alpha value is -2.30. The van der Waals surface area contributed by atoms with Gasteiger partial charge in [0.1, 0.15) is 5.75 Å². The number of nitrogens with one attached hydrogen (secondary N) is 1. The number of benzene rings is 1. The predicted octanol–water partition coefficient (Wildman–Crippen LogP) is 1.94. The average molecular weight is 277 g/mol. The number of carbonyl (C=O) groups is 2. The zero-order chi connectivity index (χ0) is 15.0. The number of rotatable bonds is 7. The summed E-state index contributed by atoms with van der Waals surface area (Å²) < 4.78 is 5.31. The molecule has 5 heteroatoms. The number of hydrogen-bond acceptors (Lipinski definition) is 3. The number of carboxylic acid groups (broad SMARTS) is 1. The molecule has 0 bridgehead atoms. The van der Waals surface area contributed by atoms with Gasteiger partial charge >= 0.3 is 5.97 Å². The minimum Gasteiger partial charge on any atom is -0.494 e. The van der Waals surface area contributed by atoms with E-state index >= 15 is 0 Å². The summed E-state index contributed by atoms with van der Waals surface area (Å²) in [6.45, 7) is 4.18. The van der Waals surface area contributed by atoms with Gasteiger partial charge in [-0.25, -0.2) is 0 Å². The Balaban J connectivity index is 2.46. The molecule has 0 spiro atoms. The highest BCUT2D eigenvalue weighted by Gasteiger charge is 2.10. The first-order chi connectivity index (χ1) is 9.52. The maximum atomic E-state index is 11.5. The molecular weight excluding hydrogens is 258 g/mol. The molecule has 2 N–H and O–H groups in total. The summed E-state index contributed by atoms with van der Waals surface area (Å²) in [5, 5.41) is 11.2. The molecular formula is C15H19NO4. The molecule has 0 aliphatic carbocycles. The van der Waals surface area contributed by atoms with Crippen LogP contribution in [0, 0.1) is 5.92 Å². The van der Waals surface area contributed by atoms with Crippen LogP contribution in [-0.4, -0.2) is 30.1 Å². The summed E-state index contributed by atoms with van der Waals surface area (Å²) in [4.78, 5) is 22.1. The number of carbonyl (C=O) groups excluding carboxylic acids is 1. The molecule has 20 heavy (non-hydrogen) atoms. The van der Waals surface area contributed by atoms with Crippen molar-refractivity contribution in [2.75, 3.05) is 13.2 Å². The van der Waals surface area contributed by atoms with Gasteiger partial charge in [0, 0.05) is 12.6 Å². The van der Waals surface area contributed by atoms with Crippen LogP contribution in [0.4, 0.5) is 0 Å². The molecule has 0 saturated heterocycles. The van der Waals surface area contributed by atoms with Gasteiger partial charge in [0.2, 0.25) is 5.91 Å². The Bertz CT molecular complexity index is 479. The summed E-state index contributed by atoms with van der Waals surface area (Å²) >= 11 is 0. The molecule has 0 aliphatic rings. The van der Waals surface area contributed by atoms with E-state index < -0.39 is 11.9 Å². The molecule has 5 nitrogen and oxygen atoms in total. The first-order valence-electron chi connectivity index (χ1n) is 6.44. The van der Waals surface area contributed by atoms with Crippen LogP contribution in [-0.2, 0) is 9.59 Å². The molecule has 1 aromatic rings. The molecule has 1 unspecified atom stereocenters. The summed E-state index contributed by atoms with van der Waals surface area (Å²) in [6, 6.07) is 7.34. The maximum absolute atomic E-state index is 11.5. The number of hydrogen-bond donors (Lipinski definition) is 2. The van der Waals surface area contributed by atoms with E-state index in [1.807, 2.05) is 31.2 Å². The van der Waals surface area contributed by atoms with E-state index in [2.05, 4.69) is 5.32 Å². The standard InChI is InChI=1S/C15H19NO4/c1-3-20-13-7-4-12(5-8-13)6-9-14(17)16-10-11(2)15(18)19/h4-9,11H,3,10H2,1-2H3,(H,16,17)(H,18,19). The second kappa shape index (κ2) is 7.99. The fourth-order valence-corrected chi connectivity index (χ4v) is 1.41. The van der Waals surface area contributed by atoms with Crippen LogP contribution in [0.15, 0.2) is 30.3 Å². The van der Waals surface area contributed by atoms with Gasteiger partial charge in [-0.2, -0.15) is 0 Å². The quantitative estimate of drug-likeness (QED) is 0.747. The van der Waals surface area contributed by atoms with Crippen molar-refractivity contribution >= 4 is 18.0 Å². The monoisotopic (exact) mass is 277 g/mol. The van der Waals surface area contributed by atoms with Gasteiger partial charge < -0.3 is 15.2 Å². The minimum absolute atomic E-state index is 0.113. The summed E-state index contributed by atoms with van der Waals surface area (Å²) in [5.41, 5.74) is 0.870. The number of aliphatic carboxylic acids is 1. The van der Waals surface area contributed by atoms with Crippen molar-refractivity contribution in [2.45, 2.75) is 13.8 Å². The fourth-order valence-electron chi connectivity index (χ4n) is 1.41. The van der Waals surface area contributed by atoms with Gasteiger partial charge in [0.05, 0.1) is 12.5 Å². The molecule has 1 rings (SSSR count). The number of carboxylic acids is 1. The topological polar surface area (TPSA) is 75.6 Å². The lowest BCUT2D eigenvalue weighted by Crippen LogP contribution is -2.30. The minimum atomic E-state index is -0.930. The first kappa shape index (κ1) is 15.8. The van der Waals surface area contributed by atoms with Crippen molar-refractivity contribution < 1.29 is 19.4 Å². The lowest BCUT2D eigenvalue weighted by Gasteiger charge is -2.06. The van der Waals surface area contributed by atoms with Gasteiger partial charge in [-0.3, -0.25) is 9.59 Å². The normalized spacial score (nSPS) is 12.1. The summed E-state index contributed by atoms with van der Waals surface area (Å²) in [7, 11) is 0. The number of ether oxygens (including phenoxy) is 1. The lowest BCUT2D eigenvalue weighted by atomic mass is 10.2. The molecule has 1 amide bonds. The maximum Gasteiger partial charge on any atom is 0.308 e. The van der Waals surface area contributed by atoms with E-state index in [-0.39, 0.29) is 12.5 Å². The largest absolute Gasteiger partial charge is 0.494 e. The van der Waals surface area contributed by atoms with Crippen LogP contribution in [0.5, 0.6) is 5.75 Å². The van der Waals surface area contributed by atoms with Crippen LogP contribution in [0.2, 0.25) is 0 Å². The molecule has 1 atom stereocenters. The van der Waals surface area contributed by atoms with Crippen LogP contribution in [0.25, 0.3) is 6.08 Å². The molecule has 0 saturated carbocycles. The summed E-state index contributed by atoms with van der Waals surface area (Å²) in [5.74, 6) is -1.06. The van der Waals surface area contributed by atoms with Crippen molar-refractivity contribution in [3.63, 3.8) is 0 Å². The van der Waals surface area contributed by atoms with Crippen molar-refractivity contribution in [3.8, 4) is 5.75 Å². The van der Waals surface area contributed by atoms with Gasteiger partial charge in [0.25, 0.3) is 0 Å². The van der Waals surface area contributed by atoms with E-state index in [9.17, 15) is 9.59 Å². The Kier molecular flexibility index (Phi) is 6.29. The third kappa shape index (κ3) is 5.56. The zero-order valence-electron chi connectivity index (χ0n) is 11.6. The number of amides is 1. The molecule has 1 aromatic carbocycles. The third-order valence-electron chi connectivity index (χ3n) is 2.62. The molecule has 108 valence electrons. The lowest BCUT2D eigenvalue weighted by molar-refractivity contribution is -0.141. The second-order valence-electron chi connectivity index (χ2n) is 4.32. The van der Waals surface area contributed by atoms with E-state index in [0.29, 0.717) is 6.61 Å². The highest BCUT2D eigenvalue weighted by Crippen LogP contribution is 2.12. The van der Waals surface area contributed by atoms with E-state index in [0.717, 1.165) is 11.3 Å². The Morgan fingerprint density at radius 2 is 2.00 bits per heavy atom. The summed E-state index contributed by atoms with van der Waals surface area (Å²) in [6.07, 6.45) is 3.04. The highest BCUT2D eigenvalue weighted by atomic mass is 16.5. The van der Waals surface area contributed by atoms with Gasteiger partial charge in [-0.15, -0.1) is 0 Å². The molecule has 0 fully saturated rings. The molecule has 0 radical (unpaired) electrons. The van der Waals surface area contributed by atoms with Crippen molar-refractivity contribution in [1.29, 1.82) is 0 Å².